The highest BCUT2D eigenvalue weighted by atomic mass is 16.5. The molecule has 0 bridgehead atoms. The molecule has 2 aromatic rings. The van der Waals surface area contributed by atoms with Gasteiger partial charge in [0, 0.05) is 24.2 Å². The summed E-state index contributed by atoms with van der Waals surface area (Å²) in [6, 6.07) is 5.70. The molecular weight excluding hydrogens is 254 g/mol. The second-order valence-electron chi connectivity index (χ2n) is 4.99. The number of nitrogens with two attached hydrogens (primary N) is 1. The summed E-state index contributed by atoms with van der Waals surface area (Å²) in [6.07, 6.45) is 0. The van der Waals surface area contributed by atoms with Crippen molar-refractivity contribution in [1.82, 2.24) is 9.78 Å². The number of nitrogens with zero attached hydrogens (tertiary/aromatic N) is 2. The van der Waals surface area contributed by atoms with Gasteiger partial charge < -0.3 is 15.2 Å². The van der Waals surface area contributed by atoms with Crippen molar-refractivity contribution in [2.75, 3.05) is 20.0 Å². The molecular formula is C15H21N3O2. The van der Waals surface area contributed by atoms with Crippen LogP contribution in [0.2, 0.25) is 0 Å². The lowest BCUT2D eigenvalue weighted by Gasteiger charge is -2.11. The zero-order chi connectivity index (χ0) is 14.9. The molecule has 0 saturated carbocycles. The predicted octanol–water partition coefficient (Wildman–Crippen LogP) is 2.81. The van der Waals surface area contributed by atoms with Gasteiger partial charge in [-0.3, -0.25) is 4.68 Å². The van der Waals surface area contributed by atoms with Crippen LogP contribution >= 0.6 is 0 Å². The summed E-state index contributed by atoms with van der Waals surface area (Å²) in [5, 5.41) is 4.54. The summed E-state index contributed by atoms with van der Waals surface area (Å²) in [6.45, 7) is 4.21. The van der Waals surface area contributed by atoms with E-state index in [1.165, 1.54) is 0 Å². The molecule has 5 heteroatoms. The van der Waals surface area contributed by atoms with Crippen LogP contribution in [0.4, 0.5) is 5.82 Å². The van der Waals surface area contributed by atoms with Crippen molar-refractivity contribution < 1.29 is 9.47 Å². The van der Waals surface area contributed by atoms with Gasteiger partial charge in [0.25, 0.3) is 0 Å². The molecule has 0 radical (unpaired) electrons. The summed E-state index contributed by atoms with van der Waals surface area (Å²) in [4.78, 5) is 0. The maximum absolute atomic E-state index is 6.12. The van der Waals surface area contributed by atoms with Crippen LogP contribution in [0, 0.1) is 0 Å². The van der Waals surface area contributed by atoms with Gasteiger partial charge >= 0.3 is 0 Å². The Morgan fingerprint density at radius 2 is 1.90 bits per heavy atom. The van der Waals surface area contributed by atoms with Gasteiger partial charge in [0.05, 0.1) is 14.2 Å². The highest BCUT2D eigenvalue weighted by Gasteiger charge is 2.21. The molecule has 0 aliphatic heterocycles. The molecule has 0 aliphatic carbocycles. The van der Waals surface area contributed by atoms with Crippen LogP contribution in [-0.4, -0.2) is 24.0 Å². The van der Waals surface area contributed by atoms with E-state index in [0.29, 0.717) is 5.82 Å². The second-order valence-corrected chi connectivity index (χ2v) is 4.99. The van der Waals surface area contributed by atoms with Crippen LogP contribution in [0.25, 0.3) is 11.3 Å². The third kappa shape index (κ3) is 2.31. The van der Waals surface area contributed by atoms with E-state index in [9.17, 15) is 0 Å². The first-order valence-electron chi connectivity index (χ1n) is 6.54. The lowest BCUT2D eigenvalue weighted by molar-refractivity contribution is 0.395. The molecule has 20 heavy (non-hydrogen) atoms. The van der Waals surface area contributed by atoms with Crippen LogP contribution in [0.3, 0.4) is 0 Å². The van der Waals surface area contributed by atoms with E-state index < -0.39 is 0 Å². The number of hydrogen-bond acceptors (Lipinski definition) is 4. The Balaban J connectivity index is 2.65. The first-order chi connectivity index (χ1) is 9.49. The molecule has 0 aliphatic rings. The second kappa shape index (κ2) is 5.45. The Bertz CT molecular complexity index is 618. The standard InChI is InChI=1S/C15H21N3O2/c1-9(2)13-14(17-18(3)15(13)16)11-7-6-10(19-4)8-12(11)20-5/h6-9H,16H2,1-5H3. The minimum atomic E-state index is 0.283. The third-order valence-electron chi connectivity index (χ3n) is 3.37. The predicted molar refractivity (Wildman–Crippen MR) is 80.2 cm³/mol. The molecule has 0 fully saturated rings. The van der Waals surface area contributed by atoms with E-state index in [1.54, 1.807) is 18.9 Å². The number of ether oxygens (including phenoxy) is 2. The molecule has 1 aromatic carbocycles. The van der Waals surface area contributed by atoms with E-state index >= 15 is 0 Å². The van der Waals surface area contributed by atoms with Gasteiger partial charge in [0.15, 0.2) is 0 Å². The van der Waals surface area contributed by atoms with Crippen molar-refractivity contribution in [3.63, 3.8) is 0 Å². The Hall–Kier alpha value is -2.17. The highest BCUT2D eigenvalue weighted by Crippen LogP contribution is 2.38. The Morgan fingerprint density at radius 3 is 2.45 bits per heavy atom. The van der Waals surface area contributed by atoms with E-state index in [1.807, 2.05) is 25.2 Å². The molecule has 0 spiro atoms. The van der Waals surface area contributed by atoms with Crippen LogP contribution in [0.1, 0.15) is 25.3 Å². The topological polar surface area (TPSA) is 62.3 Å². The van der Waals surface area contributed by atoms with Gasteiger partial charge in [-0.2, -0.15) is 5.10 Å². The Morgan fingerprint density at radius 1 is 1.20 bits per heavy atom. The van der Waals surface area contributed by atoms with Crippen molar-refractivity contribution in [2.45, 2.75) is 19.8 Å². The molecule has 2 N–H and O–H groups in total. The number of benzene rings is 1. The maximum Gasteiger partial charge on any atom is 0.132 e. The number of aromatic nitrogens is 2. The number of anilines is 1. The number of hydrogen-bond donors (Lipinski definition) is 1. The van der Waals surface area contributed by atoms with Crippen LogP contribution in [0.15, 0.2) is 18.2 Å². The number of rotatable bonds is 4. The zero-order valence-corrected chi connectivity index (χ0v) is 12.6. The van der Waals surface area contributed by atoms with E-state index in [0.717, 1.165) is 28.3 Å². The SMILES string of the molecule is COc1ccc(-c2nn(C)c(N)c2C(C)C)c(OC)c1. The molecule has 5 nitrogen and oxygen atoms in total. The molecule has 108 valence electrons. The third-order valence-corrected chi connectivity index (χ3v) is 3.37. The van der Waals surface area contributed by atoms with E-state index in [-0.39, 0.29) is 5.92 Å². The average molecular weight is 275 g/mol. The fourth-order valence-corrected chi connectivity index (χ4v) is 2.32. The Kier molecular flexibility index (Phi) is 3.88. The van der Waals surface area contributed by atoms with Gasteiger partial charge in [-0.05, 0) is 18.1 Å². The number of aryl methyl sites for hydroxylation is 1. The van der Waals surface area contributed by atoms with Crippen molar-refractivity contribution in [1.29, 1.82) is 0 Å². The van der Waals surface area contributed by atoms with Crippen LogP contribution in [0.5, 0.6) is 11.5 Å². The molecule has 1 heterocycles. The summed E-state index contributed by atoms with van der Waals surface area (Å²) in [7, 11) is 5.12. The average Bonchev–Trinajstić information content (AvgIpc) is 2.74. The molecule has 0 amide bonds. The van der Waals surface area contributed by atoms with Gasteiger partial charge in [-0.25, -0.2) is 0 Å². The van der Waals surface area contributed by atoms with E-state index in [2.05, 4.69) is 18.9 Å². The lowest BCUT2D eigenvalue weighted by Crippen LogP contribution is -2.00. The maximum atomic E-state index is 6.12. The molecule has 0 atom stereocenters. The molecule has 0 saturated heterocycles. The van der Waals surface area contributed by atoms with Crippen molar-refractivity contribution in [3.05, 3.63) is 23.8 Å². The molecule has 2 rings (SSSR count). The number of nitrogen functional groups attached to an aromatic ring is 1. The van der Waals surface area contributed by atoms with Crippen molar-refractivity contribution in [2.24, 2.45) is 7.05 Å². The Labute approximate surface area is 119 Å². The van der Waals surface area contributed by atoms with Gasteiger partial charge in [-0.1, -0.05) is 13.8 Å². The fourth-order valence-electron chi connectivity index (χ4n) is 2.32. The van der Waals surface area contributed by atoms with Crippen molar-refractivity contribution >= 4 is 5.82 Å². The molecule has 0 unspecified atom stereocenters. The summed E-state index contributed by atoms with van der Waals surface area (Å²) < 4.78 is 12.4. The largest absolute Gasteiger partial charge is 0.497 e. The van der Waals surface area contributed by atoms with E-state index in [4.69, 9.17) is 15.2 Å². The fraction of sp³-hybridized carbons (Fsp3) is 0.400. The summed E-state index contributed by atoms with van der Waals surface area (Å²) in [5.41, 5.74) is 8.94. The first kappa shape index (κ1) is 14.2. The molecule has 1 aromatic heterocycles. The lowest BCUT2D eigenvalue weighted by atomic mass is 9.98. The monoisotopic (exact) mass is 275 g/mol. The normalized spacial score (nSPS) is 10.9. The van der Waals surface area contributed by atoms with Gasteiger partial charge in [0.1, 0.15) is 23.0 Å². The highest BCUT2D eigenvalue weighted by molar-refractivity contribution is 5.75. The summed E-state index contributed by atoms with van der Waals surface area (Å²) in [5.74, 6) is 2.45. The number of methoxy groups -OCH3 is 2. The van der Waals surface area contributed by atoms with Crippen molar-refractivity contribution in [3.8, 4) is 22.8 Å². The summed E-state index contributed by atoms with van der Waals surface area (Å²) >= 11 is 0. The minimum Gasteiger partial charge on any atom is -0.497 e. The van der Waals surface area contributed by atoms with Gasteiger partial charge in [-0.15, -0.1) is 0 Å². The first-order valence-corrected chi connectivity index (χ1v) is 6.54. The smallest absolute Gasteiger partial charge is 0.132 e. The minimum absolute atomic E-state index is 0.283. The van der Waals surface area contributed by atoms with Crippen LogP contribution < -0.4 is 15.2 Å². The van der Waals surface area contributed by atoms with Gasteiger partial charge in [0.2, 0.25) is 0 Å². The zero-order valence-electron chi connectivity index (χ0n) is 12.6. The van der Waals surface area contributed by atoms with Crippen LogP contribution in [-0.2, 0) is 7.05 Å². The quantitative estimate of drug-likeness (QED) is 0.932.